The van der Waals surface area contributed by atoms with Gasteiger partial charge in [0.25, 0.3) is 0 Å². The number of carboxylic acids is 1. The summed E-state index contributed by atoms with van der Waals surface area (Å²) in [5.74, 6) is -0.990. The van der Waals surface area contributed by atoms with Crippen molar-refractivity contribution < 1.29 is 27.5 Å². The molecule has 0 aliphatic rings. The van der Waals surface area contributed by atoms with E-state index >= 15 is 0 Å². The standard InChI is InChI=1S/C6H5NO2.Au.2ClH/c8-6(9)5-3-1-2-4-7-5;;;/h1-4H,(H,8,9);;2*1H/q;+2;;/p-2. The molecule has 1 aromatic rings. The minimum atomic E-state index is -0.990. The van der Waals surface area contributed by atoms with Crippen molar-refractivity contribution >= 4 is 24.3 Å². The van der Waals surface area contributed by atoms with Crippen molar-refractivity contribution in [1.82, 2.24) is 4.98 Å². The van der Waals surface area contributed by atoms with Crippen LogP contribution < -0.4 is 0 Å². The van der Waals surface area contributed by atoms with E-state index in [4.69, 9.17) is 23.5 Å². The van der Waals surface area contributed by atoms with Crippen LogP contribution in [-0.4, -0.2) is 16.1 Å². The molecular weight excluding hydrogens is 386 g/mol. The van der Waals surface area contributed by atoms with Gasteiger partial charge in [-0.3, -0.25) is 0 Å². The summed E-state index contributed by atoms with van der Waals surface area (Å²) in [5.41, 5.74) is 0.0810. The van der Waals surface area contributed by atoms with Crippen molar-refractivity contribution in [3.05, 3.63) is 30.1 Å². The summed E-state index contributed by atoms with van der Waals surface area (Å²) < 4.78 is 0. The second kappa shape index (κ2) is 7.58. The Bertz CT molecular complexity index is 232. The van der Waals surface area contributed by atoms with Crippen molar-refractivity contribution in [2.24, 2.45) is 0 Å². The van der Waals surface area contributed by atoms with Gasteiger partial charge < -0.3 is 5.11 Å². The third kappa shape index (κ3) is 5.57. The van der Waals surface area contributed by atoms with Gasteiger partial charge in [0.05, 0.1) is 0 Å². The number of hydrogen-bond donors (Lipinski definition) is 1. The van der Waals surface area contributed by atoms with Crippen LogP contribution in [0.25, 0.3) is 0 Å². The molecule has 1 aromatic heterocycles. The molecule has 1 heterocycles. The fraction of sp³-hybridized carbons (Fsp3) is 0. The number of nitrogens with zero attached hydrogens (tertiary/aromatic N) is 1. The number of halogens is 2. The first-order valence-electron chi connectivity index (χ1n) is 2.68. The van der Waals surface area contributed by atoms with Gasteiger partial charge in [0, 0.05) is 6.20 Å². The average Bonchev–Trinajstić information content (AvgIpc) is 2.07. The Hall–Kier alpha value is -0.0597. The van der Waals surface area contributed by atoms with Crippen LogP contribution in [0.2, 0.25) is 0 Å². The SMILES string of the molecule is O=C(O)c1ccccn1.[Cl][Au][Cl]. The molecule has 0 bridgehead atoms. The number of carbonyl (C=O) groups is 1. The summed E-state index contributed by atoms with van der Waals surface area (Å²) in [4.78, 5) is 13.7. The Balaban J connectivity index is 0.000000354. The second-order valence-corrected chi connectivity index (χ2v) is 4.69. The Labute approximate surface area is 86.7 Å². The van der Waals surface area contributed by atoms with E-state index in [-0.39, 0.29) is 23.3 Å². The molecule has 0 saturated heterocycles. The zero-order valence-corrected chi connectivity index (χ0v) is 9.35. The van der Waals surface area contributed by atoms with E-state index < -0.39 is 5.97 Å². The van der Waals surface area contributed by atoms with Gasteiger partial charge in [-0.1, -0.05) is 6.07 Å². The normalized spacial score (nSPS) is 8.50. The maximum atomic E-state index is 10.1. The average molecular weight is 391 g/mol. The van der Waals surface area contributed by atoms with Crippen LogP contribution in [0.15, 0.2) is 24.4 Å². The molecule has 0 fully saturated rings. The summed E-state index contributed by atoms with van der Waals surface area (Å²) >= 11 is -0.389. The number of hydrogen-bond acceptors (Lipinski definition) is 2. The van der Waals surface area contributed by atoms with E-state index in [0.717, 1.165) is 0 Å². The molecule has 1 N–H and O–H groups in total. The third-order valence-electron chi connectivity index (χ3n) is 0.884. The molecule has 6 heteroatoms. The molecule has 0 atom stereocenters. The molecule has 12 heavy (non-hydrogen) atoms. The number of pyridine rings is 1. The Morgan fingerprint density at radius 3 is 2.33 bits per heavy atom. The van der Waals surface area contributed by atoms with E-state index in [1.165, 1.54) is 12.3 Å². The van der Waals surface area contributed by atoms with E-state index in [9.17, 15) is 4.79 Å². The second-order valence-electron chi connectivity index (χ2n) is 1.56. The van der Waals surface area contributed by atoms with Crippen molar-refractivity contribution in [3.8, 4) is 0 Å². The van der Waals surface area contributed by atoms with Crippen LogP contribution in [0.5, 0.6) is 0 Å². The Kier molecular flexibility index (Phi) is 7.54. The van der Waals surface area contributed by atoms with Crippen molar-refractivity contribution in [2.75, 3.05) is 0 Å². The quantitative estimate of drug-likeness (QED) is 0.747. The fourth-order valence-electron chi connectivity index (χ4n) is 0.489. The first-order chi connectivity index (χ1) is 5.72. The van der Waals surface area contributed by atoms with Crippen LogP contribution in [-0.2, 0) is 17.6 Å². The van der Waals surface area contributed by atoms with Gasteiger partial charge in [0.1, 0.15) is 5.69 Å². The van der Waals surface area contributed by atoms with Crippen LogP contribution in [0, 0.1) is 0 Å². The van der Waals surface area contributed by atoms with Gasteiger partial charge in [0.2, 0.25) is 0 Å². The van der Waals surface area contributed by atoms with Crippen LogP contribution in [0.1, 0.15) is 10.5 Å². The molecular formula is C6H5AuCl2NO2. The van der Waals surface area contributed by atoms with Gasteiger partial charge in [-0.05, 0) is 12.1 Å². The molecule has 0 spiro atoms. The van der Waals surface area contributed by atoms with Gasteiger partial charge in [-0.2, -0.15) is 0 Å². The van der Waals surface area contributed by atoms with E-state index in [1.807, 2.05) is 0 Å². The molecule has 0 aliphatic carbocycles. The molecule has 71 valence electrons. The van der Waals surface area contributed by atoms with Crippen molar-refractivity contribution in [1.29, 1.82) is 0 Å². The monoisotopic (exact) mass is 390 g/mol. The molecule has 0 aliphatic heterocycles. The summed E-state index contributed by atoms with van der Waals surface area (Å²) in [7, 11) is 9.72. The first kappa shape index (κ1) is 11.9. The zero-order valence-electron chi connectivity index (χ0n) is 5.67. The van der Waals surface area contributed by atoms with E-state index in [1.54, 1.807) is 12.1 Å². The van der Waals surface area contributed by atoms with E-state index in [0.29, 0.717) is 0 Å². The fourth-order valence-corrected chi connectivity index (χ4v) is 0.489. The Morgan fingerprint density at radius 1 is 1.50 bits per heavy atom. The van der Waals surface area contributed by atoms with Crippen LogP contribution >= 0.6 is 18.4 Å². The summed E-state index contributed by atoms with van der Waals surface area (Å²) in [6.07, 6.45) is 1.45. The molecule has 0 aromatic carbocycles. The summed E-state index contributed by atoms with van der Waals surface area (Å²) in [5, 5.41) is 8.32. The number of aromatic carboxylic acids is 1. The van der Waals surface area contributed by atoms with Crippen molar-refractivity contribution in [3.63, 3.8) is 0 Å². The number of carboxylic acid groups (broad SMARTS) is 1. The molecule has 3 nitrogen and oxygen atoms in total. The predicted molar refractivity (Wildman–Crippen MR) is 42.9 cm³/mol. The first-order valence-corrected chi connectivity index (χ1v) is 8.05. The number of rotatable bonds is 1. The molecule has 0 saturated carbocycles. The number of aromatic nitrogens is 1. The molecule has 0 radical (unpaired) electrons. The molecule has 1 rings (SSSR count). The van der Waals surface area contributed by atoms with Crippen LogP contribution in [0.3, 0.4) is 0 Å². The summed E-state index contributed by atoms with van der Waals surface area (Å²) in [6.45, 7) is 0. The van der Waals surface area contributed by atoms with Gasteiger partial charge in [0.15, 0.2) is 0 Å². The van der Waals surface area contributed by atoms with Gasteiger partial charge in [-0.15, -0.1) is 0 Å². The maximum absolute atomic E-state index is 10.1. The Morgan fingerprint density at radius 2 is 2.08 bits per heavy atom. The molecule has 0 amide bonds. The van der Waals surface area contributed by atoms with Gasteiger partial charge >= 0.3 is 41.9 Å². The topological polar surface area (TPSA) is 50.2 Å². The molecule has 0 unspecified atom stereocenters. The van der Waals surface area contributed by atoms with Crippen LogP contribution in [0.4, 0.5) is 0 Å². The zero-order chi connectivity index (χ0) is 9.40. The minimum absolute atomic E-state index is 0.0810. The summed E-state index contributed by atoms with van der Waals surface area (Å²) in [6, 6.07) is 4.76. The predicted octanol–water partition coefficient (Wildman–Crippen LogP) is 2.16. The van der Waals surface area contributed by atoms with E-state index in [2.05, 4.69) is 4.98 Å². The third-order valence-corrected chi connectivity index (χ3v) is 0.884. The van der Waals surface area contributed by atoms with Gasteiger partial charge in [-0.25, -0.2) is 9.78 Å². The van der Waals surface area contributed by atoms with Crippen molar-refractivity contribution in [2.45, 2.75) is 0 Å².